The van der Waals surface area contributed by atoms with Crippen molar-refractivity contribution in [2.24, 2.45) is 5.92 Å². The first kappa shape index (κ1) is 18.9. The number of hydrogen-bond donors (Lipinski definition) is 1. The molecule has 1 N–H and O–H groups in total. The first-order valence-electron chi connectivity index (χ1n) is 11.2. The molecule has 27 heavy (non-hydrogen) atoms. The Kier molecular flexibility index (Phi) is 6.43. The average molecular weight is 373 g/mol. The van der Waals surface area contributed by atoms with Gasteiger partial charge < -0.3 is 19.7 Å². The van der Waals surface area contributed by atoms with E-state index >= 15 is 0 Å². The van der Waals surface area contributed by atoms with Crippen molar-refractivity contribution in [1.82, 2.24) is 5.32 Å². The van der Waals surface area contributed by atoms with Crippen molar-refractivity contribution in [3.05, 3.63) is 18.2 Å². The van der Waals surface area contributed by atoms with Crippen molar-refractivity contribution in [3.8, 4) is 11.5 Å². The molecule has 1 atom stereocenters. The van der Waals surface area contributed by atoms with Crippen LogP contribution in [0.25, 0.3) is 0 Å². The third kappa shape index (κ3) is 4.71. The largest absolute Gasteiger partial charge is 0.493 e. The highest BCUT2D eigenvalue weighted by molar-refractivity contribution is 5.57. The Morgan fingerprint density at radius 2 is 1.78 bits per heavy atom. The van der Waals surface area contributed by atoms with E-state index in [1.54, 1.807) is 7.11 Å². The summed E-state index contributed by atoms with van der Waals surface area (Å²) in [5.74, 6) is 2.69. The summed E-state index contributed by atoms with van der Waals surface area (Å²) in [6.07, 6.45) is 13.7. The van der Waals surface area contributed by atoms with Crippen molar-refractivity contribution >= 4 is 5.69 Å². The van der Waals surface area contributed by atoms with E-state index in [1.807, 2.05) is 0 Å². The van der Waals surface area contributed by atoms with Gasteiger partial charge in [-0.3, -0.25) is 0 Å². The summed E-state index contributed by atoms with van der Waals surface area (Å²) in [7, 11) is 1.74. The van der Waals surface area contributed by atoms with Crippen LogP contribution in [0.4, 0.5) is 5.69 Å². The molecule has 2 saturated carbocycles. The van der Waals surface area contributed by atoms with Crippen molar-refractivity contribution in [3.63, 3.8) is 0 Å². The third-order valence-corrected chi connectivity index (χ3v) is 6.76. The molecule has 1 aromatic carbocycles. The highest BCUT2D eigenvalue weighted by Crippen LogP contribution is 2.37. The summed E-state index contributed by atoms with van der Waals surface area (Å²) >= 11 is 0. The lowest BCUT2D eigenvalue weighted by atomic mass is 9.84. The third-order valence-electron chi connectivity index (χ3n) is 6.76. The van der Waals surface area contributed by atoms with Gasteiger partial charge in [0.2, 0.25) is 0 Å². The molecule has 1 aliphatic heterocycles. The maximum absolute atomic E-state index is 6.35. The van der Waals surface area contributed by atoms with Gasteiger partial charge in [-0.1, -0.05) is 32.1 Å². The molecule has 0 bridgehead atoms. The maximum atomic E-state index is 6.35. The van der Waals surface area contributed by atoms with E-state index in [9.17, 15) is 0 Å². The molecule has 4 nitrogen and oxygen atoms in total. The zero-order chi connectivity index (χ0) is 18.5. The second kappa shape index (κ2) is 9.18. The normalized spacial score (nSPS) is 24.9. The molecule has 0 spiro atoms. The van der Waals surface area contributed by atoms with Gasteiger partial charge in [-0.05, 0) is 50.2 Å². The fourth-order valence-electron chi connectivity index (χ4n) is 5.24. The van der Waals surface area contributed by atoms with Crippen molar-refractivity contribution in [2.45, 2.75) is 76.4 Å². The predicted octanol–water partition coefficient (Wildman–Crippen LogP) is 4.77. The van der Waals surface area contributed by atoms with E-state index < -0.39 is 0 Å². The number of piperazine rings is 1. The topological polar surface area (TPSA) is 33.7 Å². The van der Waals surface area contributed by atoms with Gasteiger partial charge in [0.25, 0.3) is 0 Å². The molecule has 4 heteroatoms. The van der Waals surface area contributed by atoms with Crippen LogP contribution in [0.15, 0.2) is 18.2 Å². The van der Waals surface area contributed by atoms with Crippen LogP contribution < -0.4 is 19.7 Å². The van der Waals surface area contributed by atoms with Crippen molar-refractivity contribution in [2.75, 3.05) is 31.6 Å². The smallest absolute Gasteiger partial charge is 0.163 e. The van der Waals surface area contributed by atoms with Crippen molar-refractivity contribution in [1.29, 1.82) is 0 Å². The molecule has 3 fully saturated rings. The summed E-state index contributed by atoms with van der Waals surface area (Å²) in [6.45, 7) is 3.24. The minimum Gasteiger partial charge on any atom is -0.493 e. The lowest BCUT2D eigenvalue weighted by Crippen LogP contribution is -2.52. The Labute approximate surface area is 164 Å². The number of hydrogen-bond acceptors (Lipinski definition) is 4. The van der Waals surface area contributed by atoms with Crippen LogP contribution in [0.2, 0.25) is 0 Å². The first-order valence-corrected chi connectivity index (χ1v) is 11.2. The van der Waals surface area contributed by atoms with E-state index in [4.69, 9.17) is 9.47 Å². The van der Waals surface area contributed by atoms with Crippen LogP contribution in [-0.2, 0) is 0 Å². The minimum atomic E-state index is 0.357. The molecule has 0 unspecified atom stereocenters. The number of nitrogens with zero attached hydrogens (tertiary/aromatic N) is 1. The van der Waals surface area contributed by atoms with Crippen LogP contribution in [0.1, 0.15) is 64.2 Å². The quantitative estimate of drug-likeness (QED) is 0.780. The molecule has 3 aliphatic rings. The van der Waals surface area contributed by atoms with E-state index in [-0.39, 0.29) is 0 Å². The summed E-state index contributed by atoms with van der Waals surface area (Å²) in [4.78, 5) is 2.62. The molecule has 0 amide bonds. The molecule has 1 heterocycles. The van der Waals surface area contributed by atoms with Gasteiger partial charge in [0.15, 0.2) is 11.5 Å². The van der Waals surface area contributed by atoms with Gasteiger partial charge in [0, 0.05) is 37.4 Å². The lowest BCUT2D eigenvalue weighted by Gasteiger charge is -2.40. The molecule has 4 rings (SSSR count). The second-order valence-electron chi connectivity index (χ2n) is 8.65. The van der Waals surface area contributed by atoms with Gasteiger partial charge in [-0.25, -0.2) is 0 Å². The van der Waals surface area contributed by atoms with Crippen LogP contribution in [0, 0.1) is 5.92 Å². The Morgan fingerprint density at radius 1 is 1.00 bits per heavy atom. The van der Waals surface area contributed by atoms with Crippen LogP contribution in [0.5, 0.6) is 11.5 Å². The predicted molar refractivity (Wildman–Crippen MR) is 111 cm³/mol. The van der Waals surface area contributed by atoms with Crippen molar-refractivity contribution < 1.29 is 9.47 Å². The van der Waals surface area contributed by atoms with E-state index in [2.05, 4.69) is 28.4 Å². The zero-order valence-electron chi connectivity index (χ0n) is 16.9. The monoisotopic (exact) mass is 372 g/mol. The highest BCUT2D eigenvalue weighted by atomic mass is 16.5. The zero-order valence-corrected chi connectivity index (χ0v) is 16.9. The van der Waals surface area contributed by atoms with Gasteiger partial charge in [0.05, 0.1) is 13.2 Å². The lowest BCUT2D eigenvalue weighted by molar-refractivity contribution is 0.201. The summed E-state index contributed by atoms with van der Waals surface area (Å²) in [5.41, 5.74) is 1.30. The Morgan fingerprint density at radius 3 is 2.56 bits per heavy atom. The van der Waals surface area contributed by atoms with Crippen LogP contribution in [0.3, 0.4) is 0 Å². The number of benzene rings is 1. The fraction of sp³-hybridized carbons (Fsp3) is 0.739. The first-order chi connectivity index (χ1) is 13.3. The standard InChI is InChI=1S/C23H36N2O2/c1-26-22-12-11-19(16-23(22)27-21-9-5-6-10-21)25-14-13-24-17-20(25)15-18-7-3-2-4-8-18/h11-12,16,18,20-21,24H,2-10,13-15,17H2,1H3/t20-/m0/s1. The number of ether oxygens (including phenoxy) is 2. The van der Waals surface area contributed by atoms with Crippen LogP contribution >= 0.6 is 0 Å². The Bertz CT molecular complexity index is 594. The second-order valence-corrected chi connectivity index (χ2v) is 8.65. The highest BCUT2D eigenvalue weighted by Gasteiger charge is 2.27. The molecule has 0 radical (unpaired) electrons. The van der Waals surface area contributed by atoms with Gasteiger partial charge in [-0.15, -0.1) is 0 Å². The average Bonchev–Trinajstić information content (AvgIpc) is 3.22. The molecular formula is C23H36N2O2. The maximum Gasteiger partial charge on any atom is 0.163 e. The van der Waals surface area contributed by atoms with Crippen LogP contribution in [-0.4, -0.2) is 38.9 Å². The van der Waals surface area contributed by atoms with E-state index in [0.717, 1.165) is 37.1 Å². The molecule has 150 valence electrons. The Balaban J connectivity index is 1.50. The molecule has 1 aromatic rings. The summed E-state index contributed by atoms with van der Waals surface area (Å²) in [6, 6.07) is 7.14. The number of rotatable bonds is 6. The Hall–Kier alpha value is -1.42. The van der Waals surface area contributed by atoms with Gasteiger partial charge >= 0.3 is 0 Å². The number of anilines is 1. The summed E-state index contributed by atoms with van der Waals surface area (Å²) < 4.78 is 11.9. The molecular weight excluding hydrogens is 336 g/mol. The number of nitrogens with one attached hydrogen (secondary N) is 1. The SMILES string of the molecule is COc1ccc(N2CCNC[C@@H]2CC2CCCCC2)cc1OC1CCCC1. The van der Waals surface area contributed by atoms with E-state index in [1.165, 1.54) is 69.9 Å². The minimum absolute atomic E-state index is 0.357. The van der Waals surface area contributed by atoms with E-state index in [0.29, 0.717) is 12.1 Å². The van der Waals surface area contributed by atoms with Gasteiger partial charge in [0.1, 0.15) is 0 Å². The summed E-state index contributed by atoms with van der Waals surface area (Å²) in [5, 5.41) is 3.62. The fourth-order valence-corrected chi connectivity index (χ4v) is 5.24. The molecule has 2 aliphatic carbocycles. The van der Waals surface area contributed by atoms with Gasteiger partial charge in [-0.2, -0.15) is 0 Å². The molecule has 0 aromatic heterocycles. The number of methoxy groups -OCH3 is 1. The molecule has 1 saturated heterocycles.